The third-order valence-corrected chi connectivity index (χ3v) is 4.64. The zero-order chi connectivity index (χ0) is 22.2. The molecule has 0 saturated carbocycles. The smallest absolute Gasteiger partial charge is 0.273 e. The van der Waals surface area contributed by atoms with Crippen molar-refractivity contribution in [3.8, 4) is 5.88 Å². The van der Waals surface area contributed by atoms with Crippen LogP contribution in [0.1, 0.15) is 27.0 Å². The minimum absolute atomic E-state index is 0.0780. The van der Waals surface area contributed by atoms with Gasteiger partial charge in [-0.3, -0.25) is 9.59 Å². The largest absolute Gasteiger partial charge is 0.472 e. The van der Waals surface area contributed by atoms with E-state index in [1.165, 1.54) is 26.4 Å². The van der Waals surface area contributed by atoms with E-state index >= 15 is 0 Å². The van der Waals surface area contributed by atoms with E-state index in [1.807, 2.05) is 12.1 Å². The van der Waals surface area contributed by atoms with Crippen LogP contribution in [-0.2, 0) is 16.2 Å². The summed E-state index contributed by atoms with van der Waals surface area (Å²) in [6.45, 7) is 0.0780. The minimum Gasteiger partial charge on any atom is -0.472 e. The second-order valence-corrected chi connectivity index (χ2v) is 6.76. The van der Waals surface area contributed by atoms with E-state index in [2.05, 4.69) is 15.5 Å². The molecular formula is C23H20ClN3O4. The fourth-order valence-electron chi connectivity index (χ4n) is 2.86. The average molecular weight is 438 g/mol. The van der Waals surface area contributed by atoms with Gasteiger partial charge < -0.3 is 14.9 Å². The van der Waals surface area contributed by atoms with E-state index in [4.69, 9.17) is 21.2 Å². The number of amides is 1. The van der Waals surface area contributed by atoms with Gasteiger partial charge in [-0.25, -0.2) is 4.98 Å². The lowest BCUT2D eigenvalue weighted by Gasteiger charge is -2.12. The van der Waals surface area contributed by atoms with E-state index in [0.29, 0.717) is 22.3 Å². The van der Waals surface area contributed by atoms with Crippen molar-refractivity contribution in [2.45, 2.75) is 6.61 Å². The number of ketones is 1. The van der Waals surface area contributed by atoms with Gasteiger partial charge in [0.2, 0.25) is 5.88 Å². The van der Waals surface area contributed by atoms with Crippen molar-refractivity contribution in [3.05, 3.63) is 94.1 Å². The summed E-state index contributed by atoms with van der Waals surface area (Å²) in [6.07, 6.45) is 1.42. The zero-order valence-corrected chi connectivity index (χ0v) is 17.7. The van der Waals surface area contributed by atoms with E-state index in [0.717, 1.165) is 0 Å². The normalized spacial score (nSPS) is 11.0. The third-order valence-electron chi connectivity index (χ3n) is 4.37. The SMILES string of the molecule is CNC(=O)/C(=N\OC)c1ccccc1COc1ncc(C(=O)c2ccccc2)cc1Cl. The molecule has 1 heterocycles. The van der Waals surface area contributed by atoms with Gasteiger partial charge >= 0.3 is 0 Å². The lowest BCUT2D eigenvalue weighted by molar-refractivity contribution is -0.114. The molecule has 0 radical (unpaired) electrons. The molecule has 0 atom stereocenters. The summed E-state index contributed by atoms with van der Waals surface area (Å²) in [5, 5.41) is 6.57. The molecule has 0 aliphatic heterocycles. The summed E-state index contributed by atoms with van der Waals surface area (Å²) in [5.74, 6) is -0.404. The first-order valence-electron chi connectivity index (χ1n) is 9.34. The molecule has 158 valence electrons. The van der Waals surface area contributed by atoms with Crippen LogP contribution in [0.4, 0.5) is 0 Å². The number of hydrogen-bond donors (Lipinski definition) is 1. The molecular weight excluding hydrogens is 418 g/mol. The maximum Gasteiger partial charge on any atom is 0.273 e. The molecule has 7 nitrogen and oxygen atoms in total. The molecule has 1 amide bonds. The van der Waals surface area contributed by atoms with E-state index in [1.54, 1.807) is 42.5 Å². The van der Waals surface area contributed by atoms with Gasteiger partial charge in [-0.05, 0) is 11.6 Å². The second kappa shape index (κ2) is 10.4. The number of aromatic nitrogens is 1. The molecule has 0 aliphatic rings. The number of oxime groups is 1. The van der Waals surface area contributed by atoms with Crippen LogP contribution in [0.3, 0.4) is 0 Å². The van der Waals surface area contributed by atoms with Crippen molar-refractivity contribution >= 4 is 29.0 Å². The van der Waals surface area contributed by atoms with Crippen LogP contribution in [0.2, 0.25) is 5.02 Å². The van der Waals surface area contributed by atoms with Crippen LogP contribution in [0, 0.1) is 0 Å². The Bertz CT molecular complexity index is 1120. The number of halogens is 1. The van der Waals surface area contributed by atoms with Gasteiger partial charge in [-0.2, -0.15) is 0 Å². The van der Waals surface area contributed by atoms with Gasteiger partial charge in [0.15, 0.2) is 11.5 Å². The van der Waals surface area contributed by atoms with Gasteiger partial charge in [0.05, 0.1) is 0 Å². The second-order valence-electron chi connectivity index (χ2n) is 6.35. The number of carbonyl (C=O) groups is 2. The Balaban J connectivity index is 1.80. The monoisotopic (exact) mass is 437 g/mol. The first-order valence-corrected chi connectivity index (χ1v) is 9.72. The fraction of sp³-hybridized carbons (Fsp3) is 0.130. The Labute approximate surface area is 184 Å². The first-order chi connectivity index (χ1) is 15.0. The van der Waals surface area contributed by atoms with Gasteiger partial charge in [-0.1, -0.05) is 71.4 Å². The number of rotatable bonds is 8. The summed E-state index contributed by atoms with van der Waals surface area (Å²) in [6, 6.07) is 17.5. The Kier molecular flexibility index (Phi) is 7.35. The summed E-state index contributed by atoms with van der Waals surface area (Å²) >= 11 is 6.30. The molecule has 8 heteroatoms. The minimum atomic E-state index is -0.394. The van der Waals surface area contributed by atoms with Gasteiger partial charge in [0.25, 0.3) is 5.91 Å². The fourth-order valence-corrected chi connectivity index (χ4v) is 3.08. The summed E-state index contributed by atoms with van der Waals surface area (Å²) < 4.78 is 5.76. The van der Waals surface area contributed by atoms with Crippen LogP contribution in [0.5, 0.6) is 5.88 Å². The topological polar surface area (TPSA) is 89.9 Å². The van der Waals surface area contributed by atoms with Crippen molar-refractivity contribution in [3.63, 3.8) is 0 Å². The maximum absolute atomic E-state index is 12.6. The molecule has 31 heavy (non-hydrogen) atoms. The predicted octanol–water partition coefficient (Wildman–Crippen LogP) is 3.64. The van der Waals surface area contributed by atoms with E-state index < -0.39 is 5.91 Å². The number of carbonyl (C=O) groups excluding carboxylic acids is 2. The molecule has 1 aromatic heterocycles. The molecule has 3 rings (SSSR count). The van der Waals surface area contributed by atoms with Gasteiger partial charge in [-0.15, -0.1) is 0 Å². The van der Waals surface area contributed by atoms with Gasteiger partial charge in [0, 0.05) is 29.9 Å². The maximum atomic E-state index is 12.6. The number of nitrogens with one attached hydrogen (secondary N) is 1. The van der Waals surface area contributed by atoms with Gasteiger partial charge in [0.1, 0.15) is 18.7 Å². The Morgan fingerprint density at radius 2 is 1.77 bits per heavy atom. The number of ether oxygens (including phenoxy) is 1. The molecule has 0 unspecified atom stereocenters. The molecule has 0 spiro atoms. The van der Waals surface area contributed by atoms with Crippen LogP contribution < -0.4 is 10.1 Å². The van der Waals surface area contributed by atoms with E-state index in [9.17, 15) is 9.59 Å². The summed E-state index contributed by atoms with van der Waals surface area (Å²) in [4.78, 5) is 33.7. The van der Waals surface area contributed by atoms with Crippen LogP contribution in [-0.4, -0.2) is 36.5 Å². The lowest BCUT2D eigenvalue weighted by Crippen LogP contribution is -2.29. The molecule has 2 aromatic carbocycles. The number of benzene rings is 2. The zero-order valence-electron chi connectivity index (χ0n) is 17.0. The number of nitrogens with zero attached hydrogens (tertiary/aromatic N) is 2. The summed E-state index contributed by atoms with van der Waals surface area (Å²) in [7, 11) is 2.87. The molecule has 3 aromatic rings. The number of likely N-dealkylation sites (N-methyl/N-ethyl adjacent to an activating group) is 1. The number of hydrogen-bond acceptors (Lipinski definition) is 6. The molecule has 1 N–H and O–H groups in total. The Hall–Kier alpha value is -3.71. The predicted molar refractivity (Wildman–Crippen MR) is 118 cm³/mol. The standard InChI is InChI=1S/C23H20ClN3O4/c1-25-22(29)20(27-30-2)18-11-7-6-10-16(18)14-31-23-19(24)12-17(13-26-23)21(28)15-8-4-3-5-9-15/h3-13H,14H2,1-2H3,(H,25,29)/b27-20-. The highest BCUT2D eigenvalue weighted by Crippen LogP contribution is 2.25. The van der Waals surface area contributed by atoms with Crippen molar-refractivity contribution in [1.29, 1.82) is 0 Å². The average Bonchev–Trinajstić information content (AvgIpc) is 2.81. The summed E-state index contributed by atoms with van der Waals surface area (Å²) in [5.41, 5.74) is 2.26. The molecule has 0 aliphatic carbocycles. The van der Waals surface area contributed by atoms with Crippen molar-refractivity contribution in [2.75, 3.05) is 14.2 Å². The quantitative estimate of drug-likeness (QED) is 0.330. The van der Waals surface area contributed by atoms with E-state index in [-0.39, 0.29) is 29.0 Å². The van der Waals surface area contributed by atoms with Crippen LogP contribution >= 0.6 is 11.6 Å². The highest BCUT2D eigenvalue weighted by Gasteiger charge is 2.18. The van der Waals surface area contributed by atoms with Crippen molar-refractivity contribution in [2.24, 2.45) is 5.16 Å². The van der Waals surface area contributed by atoms with Crippen molar-refractivity contribution in [1.82, 2.24) is 10.3 Å². The molecule has 0 saturated heterocycles. The van der Waals surface area contributed by atoms with Crippen LogP contribution in [0.25, 0.3) is 0 Å². The lowest BCUT2D eigenvalue weighted by atomic mass is 10.0. The highest BCUT2D eigenvalue weighted by molar-refractivity contribution is 6.45. The highest BCUT2D eigenvalue weighted by atomic mass is 35.5. The van der Waals surface area contributed by atoms with Crippen LogP contribution in [0.15, 0.2) is 72.0 Å². The molecule has 0 fully saturated rings. The molecule has 0 bridgehead atoms. The first kappa shape index (κ1) is 22.0. The number of pyridine rings is 1. The Morgan fingerprint density at radius 1 is 1.06 bits per heavy atom. The Morgan fingerprint density at radius 3 is 2.45 bits per heavy atom. The van der Waals surface area contributed by atoms with Crippen molar-refractivity contribution < 1.29 is 19.2 Å². The third kappa shape index (κ3) is 5.26.